The molecule has 2 aliphatic rings. The summed E-state index contributed by atoms with van der Waals surface area (Å²) in [6, 6.07) is 19.1. The van der Waals surface area contributed by atoms with Crippen molar-refractivity contribution in [1.82, 2.24) is 25.1 Å². The lowest BCUT2D eigenvalue weighted by Gasteiger charge is -2.42. The molecule has 1 N–H and O–H groups in total. The number of benzene rings is 2. The van der Waals surface area contributed by atoms with Gasteiger partial charge >= 0.3 is 6.03 Å². The number of piperazine rings is 1. The number of nitrogens with one attached hydrogen (secondary N) is 1. The Labute approximate surface area is 187 Å². The molecule has 4 amide bonds. The highest BCUT2D eigenvalue weighted by Gasteiger charge is 2.47. The number of carbonyl (C=O) groups is 3. The second-order valence-corrected chi connectivity index (χ2v) is 7.87. The zero-order chi connectivity index (χ0) is 22.5. The minimum atomic E-state index is -0.397. The van der Waals surface area contributed by atoms with Crippen LogP contribution in [0.2, 0.25) is 0 Å². The molecule has 2 heterocycles. The van der Waals surface area contributed by atoms with Crippen molar-refractivity contribution >= 4 is 17.8 Å². The van der Waals surface area contributed by atoms with Gasteiger partial charge in [-0.3, -0.25) is 14.6 Å². The molecule has 2 fully saturated rings. The van der Waals surface area contributed by atoms with Crippen LogP contribution in [0.3, 0.4) is 0 Å². The van der Waals surface area contributed by atoms with Crippen LogP contribution in [0, 0.1) is 0 Å². The van der Waals surface area contributed by atoms with Crippen LogP contribution in [0.25, 0.3) is 0 Å². The third kappa shape index (κ3) is 4.65. The molecule has 8 nitrogen and oxygen atoms in total. The number of urea groups is 1. The predicted molar refractivity (Wildman–Crippen MR) is 120 cm³/mol. The molecule has 2 saturated heterocycles. The van der Waals surface area contributed by atoms with Crippen molar-refractivity contribution in [2.45, 2.75) is 19.3 Å². The van der Waals surface area contributed by atoms with E-state index in [1.807, 2.05) is 60.7 Å². The second kappa shape index (κ2) is 9.65. The van der Waals surface area contributed by atoms with Gasteiger partial charge in [0.1, 0.15) is 12.7 Å². The van der Waals surface area contributed by atoms with E-state index in [0.29, 0.717) is 19.6 Å². The first-order chi connectivity index (χ1) is 15.6. The Morgan fingerprint density at radius 2 is 1.66 bits per heavy atom. The molecule has 166 valence electrons. The Hall–Kier alpha value is -3.65. The van der Waals surface area contributed by atoms with Crippen LogP contribution in [-0.4, -0.2) is 70.0 Å². The summed E-state index contributed by atoms with van der Waals surface area (Å²) in [4.78, 5) is 41.7. The maximum Gasteiger partial charge on any atom is 0.332 e. The molecule has 0 unspecified atom stereocenters. The average Bonchev–Trinajstić information content (AvgIpc) is 3.12. The standard InChI is InChI=1S/C24H27N5O3/c1-2-13-28(24(32)25-14-19-9-5-3-6-10-19)29-18-23(31)27-17-22(30)26(16-21(27)29)15-20-11-7-4-8-12-20/h2-12,21H,1,13-18H2,(H,25,32)/t21-/m0/s1. The molecule has 0 radical (unpaired) electrons. The van der Waals surface area contributed by atoms with Gasteiger partial charge in [-0.25, -0.2) is 4.79 Å². The minimum absolute atomic E-state index is 0.0143. The lowest BCUT2D eigenvalue weighted by molar-refractivity contribution is -0.149. The average molecular weight is 434 g/mol. The van der Waals surface area contributed by atoms with Gasteiger partial charge in [-0.15, -0.1) is 6.58 Å². The Bertz CT molecular complexity index is 982. The zero-order valence-electron chi connectivity index (χ0n) is 17.9. The van der Waals surface area contributed by atoms with Gasteiger partial charge in [0.2, 0.25) is 11.8 Å². The Morgan fingerprint density at radius 1 is 1.00 bits per heavy atom. The number of rotatable bonds is 7. The van der Waals surface area contributed by atoms with Crippen molar-refractivity contribution < 1.29 is 14.4 Å². The molecule has 32 heavy (non-hydrogen) atoms. The maximum atomic E-state index is 13.0. The summed E-state index contributed by atoms with van der Waals surface area (Å²) in [5, 5.41) is 6.17. The van der Waals surface area contributed by atoms with Gasteiger partial charge in [-0.1, -0.05) is 66.7 Å². The van der Waals surface area contributed by atoms with E-state index in [4.69, 9.17) is 0 Å². The summed E-state index contributed by atoms with van der Waals surface area (Å²) in [6.45, 7) is 5.26. The summed E-state index contributed by atoms with van der Waals surface area (Å²) in [7, 11) is 0. The Balaban J connectivity index is 1.48. The number of hydrogen-bond acceptors (Lipinski definition) is 4. The number of amides is 4. The van der Waals surface area contributed by atoms with Crippen molar-refractivity contribution in [3.8, 4) is 0 Å². The molecule has 1 atom stereocenters. The number of fused-ring (bicyclic) bond motifs is 1. The molecule has 2 aromatic rings. The highest BCUT2D eigenvalue weighted by molar-refractivity contribution is 5.89. The van der Waals surface area contributed by atoms with E-state index in [9.17, 15) is 14.4 Å². The largest absolute Gasteiger partial charge is 0.333 e. The van der Waals surface area contributed by atoms with Crippen LogP contribution < -0.4 is 5.32 Å². The lowest BCUT2D eigenvalue weighted by Crippen LogP contribution is -2.62. The van der Waals surface area contributed by atoms with Crippen LogP contribution in [0.1, 0.15) is 11.1 Å². The number of nitrogens with zero attached hydrogens (tertiary/aromatic N) is 4. The van der Waals surface area contributed by atoms with Gasteiger partial charge in [0.25, 0.3) is 0 Å². The molecule has 2 aromatic carbocycles. The fourth-order valence-corrected chi connectivity index (χ4v) is 4.09. The van der Waals surface area contributed by atoms with E-state index in [1.54, 1.807) is 20.9 Å². The van der Waals surface area contributed by atoms with E-state index >= 15 is 0 Å². The van der Waals surface area contributed by atoms with Crippen LogP contribution in [0.4, 0.5) is 4.79 Å². The molecule has 4 rings (SSSR count). The molecular formula is C24H27N5O3. The Kier molecular flexibility index (Phi) is 6.51. The van der Waals surface area contributed by atoms with Crippen LogP contribution in [0.15, 0.2) is 73.3 Å². The second-order valence-electron chi connectivity index (χ2n) is 7.87. The van der Waals surface area contributed by atoms with E-state index in [1.165, 1.54) is 5.01 Å². The summed E-state index contributed by atoms with van der Waals surface area (Å²) in [5.74, 6) is -0.253. The summed E-state index contributed by atoms with van der Waals surface area (Å²) < 4.78 is 0. The maximum absolute atomic E-state index is 13.0. The third-order valence-corrected chi connectivity index (χ3v) is 5.71. The highest BCUT2D eigenvalue weighted by Crippen LogP contribution is 2.24. The fourth-order valence-electron chi connectivity index (χ4n) is 4.09. The molecule has 0 bridgehead atoms. The smallest absolute Gasteiger partial charge is 0.332 e. The molecule has 0 aliphatic carbocycles. The molecule has 2 aliphatic heterocycles. The molecule has 0 saturated carbocycles. The van der Waals surface area contributed by atoms with Crippen molar-refractivity contribution in [3.63, 3.8) is 0 Å². The molecule has 0 aromatic heterocycles. The zero-order valence-corrected chi connectivity index (χ0v) is 17.9. The molecule has 8 heteroatoms. The first-order valence-corrected chi connectivity index (χ1v) is 10.6. The third-order valence-electron chi connectivity index (χ3n) is 5.71. The summed E-state index contributed by atoms with van der Waals surface area (Å²) >= 11 is 0. The van der Waals surface area contributed by atoms with Crippen LogP contribution in [-0.2, 0) is 22.7 Å². The minimum Gasteiger partial charge on any atom is -0.333 e. The van der Waals surface area contributed by atoms with Crippen molar-refractivity contribution in [1.29, 1.82) is 0 Å². The van der Waals surface area contributed by atoms with Crippen LogP contribution >= 0.6 is 0 Å². The fraction of sp³-hybridized carbons (Fsp3) is 0.292. The van der Waals surface area contributed by atoms with Crippen molar-refractivity contribution in [2.75, 3.05) is 26.2 Å². The van der Waals surface area contributed by atoms with E-state index in [0.717, 1.165) is 11.1 Å². The van der Waals surface area contributed by atoms with Gasteiger partial charge in [0.15, 0.2) is 0 Å². The number of hydrazine groups is 1. The Morgan fingerprint density at radius 3 is 2.31 bits per heavy atom. The first-order valence-electron chi connectivity index (χ1n) is 10.6. The topological polar surface area (TPSA) is 76.2 Å². The van der Waals surface area contributed by atoms with Crippen molar-refractivity contribution in [3.05, 3.63) is 84.4 Å². The highest BCUT2D eigenvalue weighted by atomic mass is 16.2. The van der Waals surface area contributed by atoms with Crippen molar-refractivity contribution in [2.24, 2.45) is 0 Å². The first kappa shape index (κ1) is 21.6. The van der Waals surface area contributed by atoms with E-state index < -0.39 is 6.17 Å². The molecular weight excluding hydrogens is 406 g/mol. The predicted octanol–water partition coefficient (Wildman–Crippen LogP) is 1.81. The van der Waals surface area contributed by atoms with Gasteiger partial charge in [0.05, 0.1) is 19.6 Å². The summed E-state index contributed by atoms with van der Waals surface area (Å²) in [6.07, 6.45) is 1.23. The van der Waals surface area contributed by atoms with E-state index in [-0.39, 0.29) is 37.5 Å². The molecule has 0 spiro atoms. The SMILES string of the molecule is C=CCN(C(=O)NCc1ccccc1)N1CC(=O)N2CC(=O)N(Cc3ccccc3)C[C@@H]21. The number of carbonyl (C=O) groups excluding carboxylic acids is 3. The van der Waals surface area contributed by atoms with Gasteiger partial charge in [0, 0.05) is 13.1 Å². The lowest BCUT2D eigenvalue weighted by atomic mass is 10.2. The normalized spacial score (nSPS) is 18.4. The van der Waals surface area contributed by atoms with Crippen LogP contribution in [0.5, 0.6) is 0 Å². The van der Waals surface area contributed by atoms with Gasteiger partial charge in [-0.05, 0) is 11.1 Å². The monoisotopic (exact) mass is 433 g/mol. The quantitative estimate of drug-likeness (QED) is 0.676. The van der Waals surface area contributed by atoms with Gasteiger partial charge in [-0.2, -0.15) is 5.01 Å². The van der Waals surface area contributed by atoms with E-state index in [2.05, 4.69) is 11.9 Å². The van der Waals surface area contributed by atoms with Gasteiger partial charge < -0.3 is 15.1 Å². The summed E-state index contributed by atoms with van der Waals surface area (Å²) in [5.41, 5.74) is 2.00. The number of hydrogen-bond donors (Lipinski definition) is 1.